The fraction of sp³-hybridized carbons (Fsp3) is 0.238. The van der Waals surface area contributed by atoms with Gasteiger partial charge in [0.15, 0.2) is 6.61 Å². The summed E-state index contributed by atoms with van der Waals surface area (Å²) in [5.74, 6) is 0.661. The smallest absolute Gasteiger partial charge is 0.260 e. The lowest BCUT2D eigenvalue weighted by atomic mass is 10.2. The summed E-state index contributed by atoms with van der Waals surface area (Å²) in [7, 11) is 1.79. The summed E-state index contributed by atoms with van der Waals surface area (Å²) in [6.07, 6.45) is 2.59. The number of rotatable bonds is 8. The summed E-state index contributed by atoms with van der Waals surface area (Å²) in [6, 6.07) is 17.0. The van der Waals surface area contributed by atoms with E-state index in [9.17, 15) is 4.79 Å². The number of para-hydroxylation sites is 1. The molecule has 0 radical (unpaired) electrons. The van der Waals surface area contributed by atoms with Crippen LogP contribution in [0.25, 0.3) is 10.9 Å². The third-order valence-corrected chi connectivity index (χ3v) is 4.46. The van der Waals surface area contributed by atoms with Crippen LogP contribution >= 0.6 is 11.6 Å². The second kappa shape index (κ2) is 9.24. The van der Waals surface area contributed by atoms with Gasteiger partial charge in [0, 0.05) is 42.4 Å². The highest BCUT2D eigenvalue weighted by Crippen LogP contribution is 2.24. The Labute approximate surface area is 163 Å². The van der Waals surface area contributed by atoms with E-state index in [1.807, 2.05) is 54.6 Å². The molecule has 0 saturated carbocycles. The van der Waals surface area contributed by atoms with E-state index >= 15 is 0 Å². The number of likely N-dealkylation sites (N-methyl/N-ethyl adjacent to an activating group) is 1. The number of amides is 1. The lowest BCUT2D eigenvalue weighted by Crippen LogP contribution is -2.33. The summed E-state index contributed by atoms with van der Waals surface area (Å²) in [5.41, 5.74) is 1.87. The van der Waals surface area contributed by atoms with Gasteiger partial charge in [-0.05, 0) is 42.8 Å². The Morgan fingerprint density at radius 1 is 1.19 bits per heavy atom. The normalized spacial score (nSPS) is 10.6. The second-order valence-electron chi connectivity index (χ2n) is 6.22. The number of halogens is 1. The maximum atomic E-state index is 12.1. The maximum absolute atomic E-state index is 12.1. The number of hydrogen-bond acceptors (Lipinski definition) is 4. The van der Waals surface area contributed by atoms with Crippen LogP contribution in [0.3, 0.4) is 0 Å². The predicted octanol–water partition coefficient (Wildman–Crippen LogP) is 4.23. The molecule has 140 valence electrons. The fourth-order valence-electron chi connectivity index (χ4n) is 2.71. The molecule has 0 bridgehead atoms. The van der Waals surface area contributed by atoms with E-state index in [1.54, 1.807) is 18.1 Å². The molecule has 1 amide bonds. The SMILES string of the molecule is CN(CCCNc1ccnc2cc(Cl)ccc12)C(=O)COc1ccccc1. The number of anilines is 1. The molecule has 3 aromatic rings. The van der Waals surface area contributed by atoms with Gasteiger partial charge in [-0.3, -0.25) is 9.78 Å². The highest BCUT2D eigenvalue weighted by molar-refractivity contribution is 6.31. The molecule has 6 heteroatoms. The summed E-state index contributed by atoms with van der Waals surface area (Å²) in [5, 5.41) is 5.11. The van der Waals surface area contributed by atoms with Crippen LogP contribution < -0.4 is 10.1 Å². The van der Waals surface area contributed by atoms with Crippen LogP contribution in [0.15, 0.2) is 60.8 Å². The minimum Gasteiger partial charge on any atom is -0.484 e. The zero-order valence-corrected chi connectivity index (χ0v) is 15.9. The van der Waals surface area contributed by atoms with Crippen LogP contribution in [0, 0.1) is 0 Å². The van der Waals surface area contributed by atoms with Crippen molar-refractivity contribution in [2.75, 3.05) is 32.1 Å². The number of ether oxygens (including phenoxy) is 1. The first-order chi connectivity index (χ1) is 13.1. The molecule has 2 aromatic carbocycles. The van der Waals surface area contributed by atoms with Crippen LogP contribution in [-0.4, -0.2) is 42.5 Å². The van der Waals surface area contributed by atoms with Gasteiger partial charge in [-0.2, -0.15) is 0 Å². The van der Waals surface area contributed by atoms with E-state index in [2.05, 4.69) is 10.3 Å². The molecular weight excluding hydrogens is 362 g/mol. The maximum Gasteiger partial charge on any atom is 0.260 e. The van der Waals surface area contributed by atoms with E-state index in [1.165, 1.54) is 0 Å². The molecule has 0 unspecified atom stereocenters. The van der Waals surface area contributed by atoms with Crippen molar-refractivity contribution in [3.63, 3.8) is 0 Å². The zero-order valence-electron chi connectivity index (χ0n) is 15.2. The standard InChI is InChI=1S/C21H22ClN3O2/c1-25(21(26)15-27-17-6-3-2-4-7-17)13-5-11-23-19-10-12-24-20-14-16(22)8-9-18(19)20/h2-4,6-10,12,14H,5,11,13,15H2,1H3,(H,23,24). The molecule has 0 saturated heterocycles. The average molecular weight is 384 g/mol. The Morgan fingerprint density at radius 3 is 2.81 bits per heavy atom. The Balaban J connectivity index is 1.44. The lowest BCUT2D eigenvalue weighted by Gasteiger charge is -2.18. The zero-order chi connectivity index (χ0) is 19.1. The average Bonchev–Trinajstić information content (AvgIpc) is 2.69. The third-order valence-electron chi connectivity index (χ3n) is 4.22. The van der Waals surface area contributed by atoms with Crippen LogP contribution in [0.5, 0.6) is 5.75 Å². The molecular formula is C21H22ClN3O2. The molecule has 1 N–H and O–H groups in total. The van der Waals surface area contributed by atoms with Gasteiger partial charge in [0.2, 0.25) is 0 Å². The molecule has 1 aromatic heterocycles. The molecule has 0 aliphatic rings. The van der Waals surface area contributed by atoms with Crippen LogP contribution in [0.2, 0.25) is 5.02 Å². The van der Waals surface area contributed by atoms with Crippen molar-refractivity contribution >= 4 is 34.1 Å². The molecule has 3 rings (SSSR count). The molecule has 0 aliphatic heterocycles. The van der Waals surface area contributed by atoms with E-state index in [0.717, 1.165) is 29.6 Å². The number of hydrogen-bond donors (Lipinski definition) is 1. The third kappa shape index (κ3) is 5.34. The first-order valence-electron chi connectivity index (χ1n) is 8.83. The quantitative estimate of drug-likeness (QED) is 0.591. The molecule has 0 spiro atoms. The number of benzene rings is 2. The van der Waals surface area contributed by atoms with E-state index < -0.39 is 0 Å². The number of carbonyl (C=O) groups is 1. The van der Waals surface area contributed by atoms with Gasteiger partial charge in [-0.15, -0.1) is 0 Å². The number of pyridine rings is 1. The van der Waals surface area contributed by atoms with E-state index in [0.29, 0.717) is 17.3 Å². The van der Waals surface area contributed by atoms with Gasteiger partial charge in [0.1, 0.15) is 5.75 Å². The number of aromatic nitrogens is 1. The van der Waals surface area contributed by atoms with Crippen molar-refractivity contribution in [1.29, 1.82) is 0 Å². The van der Waals surface area contributed by atoms with Crippen molar-refractivity contribution in [2.45, 2.75) is 6.42 Å². The summed E-state index contributed by atoms with van der Waals surface area (Å²) < 4.78 is 5.50. The monoisotopic (exact) mass is 383 g/mol. The first kappa shape index (κ1) is 19.0. The Hall–Kier alpha value is -2.79. The highest BCUT2D eigenvalue weighted by atomic mass is 35.5. The van der Waals surface area contributed by atoms with Gasteiger partial charge in [-0.1, -0.05) is 29.8 Å². The predicted molar refractivity (Wildman–Crippen MR) is 109 cm³/mol. The number of nitrogens with zero attached hydrogens (tertiary/aromatic N) is 2. The summed E-state index contributed by atoms with van der Waals surface area (Å²) in [4.78, 5) is 18.2. The lowest BCUT2D eigenvalue weighted by molar-refractivity contribution is -0.132. The van der Waals surface area contributed by atoms with Gasteiger partial charge in [0.25, 0.3) is 5.91 Å². The second-order valence-corrected chi connectivity index (χ2v) is 6.65. The van der Waals surface area contributed by atoms with E-state index in [-0.39, 0.29) is 12.5 Å². The molecule has 0 fully saturated rings. The van der Waals surface area contributed by atoms with Crippen LogP contribution in [0.4, 0.5) is 5.69 Å². The minimum atomic E-state index is -0.0390. The Kier molecular flexibility index (Phi) is 6.49. The van der Waals surface area contributed by atoms with Gasteiger partial charge in [0.05, 0.1) is 5.52 Å². The number of carbonyl (C=O) groups excluding carboxylic acids is 1. The van der Waals surface area contributed by atoms with Crippen LogP contribution in [-0.2, 0) is 4.79 Å². The summed E-state index contributed by atoms with van der Waals surface area (Å²) >= 11 is 6.02. The van der Waals surface area contributed by atoms with Crippen molar-refractivity contribution in [3.05, 3.63) is 65.8 Å². The fourth-order valence-corrected chi connectivity index (χ4v) is 2.88. The van der Waals surface area contributed by atoms with Crippen molar-refractivity contribution in [1.82, 2.24) is 9.88 Å². The molecule has 0 atom stereocenters. The van der Waals surface area contributed by atoms with E-state index in [4.69, 9.17) is 16.3 Å². The highest BCUT2D eigenvalue weighted by Gasteiger charge is 2.09. The molecule has 1 heterocycles. The van der Waals surface area contributed by atoms with Gasteiger partial charge < -0.3 is 15.0 Å². The van der Waals surface area contributed by atoms with Crippen molar-refractivity contribution in [2.24, 2.45) is 0 Å². The number of fused-ring (bicyclic) bond motifs is 1. The van der Waals surface area contributed by atoms with Gasteiger partial charge >= 0.3 is 0 Å². The van der Waals surface area contributed by atoms with Crippen molar-refractivity contribution < 1.29 is 9.53 Å². The van der Waals surface area contributed by atoms with Gasteiger partial charge in [-0.25, -0.2) is 0 Å². The topological polar surface area (TPSA) is 54.5 Å². The van der Waals surface area contributed by atoms with Crippen molar-refractivity contribution in [3.8, 4) is 5.75 Å². The Bertz CT molecular complexity index is 902. The molecule has 0 aliphatic carbocycles. The number of nitrogens with one attached hydrogen (secondary N) is 1. The molecule has 27 heavy (non-hydrogen) atoms. The first-order valence-corrected chi connectivity index (χ1v) is 9.21. The minimum absolute atomic E-state index is 0.0390. The largest absolute Gasteiger partial charge is 0.484 e. The Morgan fingerprint density at radius 2 is 2.00 bits per heavy atom. The molecule has 5 nitrogen and oxygen atoms in total. The summed E-state index contributed by atoms with van der Waals surface area (Å²) in [6.45, 7) is 1.45. The van der Waals surface area contributed by atoms with Crippen LogP contribution in [0.1, 0.15) is 6.42 Å².